The van der Waals surface area contributed by atoms with E-state index in [-0.39, 0.29) is 37.0 Å². The summed E-state index contributed by atoms with van der Waals surface area (Å²) >= 11 is 0. The summed E-state index contributed by atoms with van der Waals surface area (Å²) in [4.78, 5) is 46.6. The Morgan fingerprint density at radius 3 is 2.59 bits per heavy atom. The second-order valence-electron chi connectivity index (χ2n) is 12.7. The zero-order chi connectivity index (χ0) is 29.7. The number of ether oxygens (including phenoxy) is 1. The van der Waals surface area contributed by atoms with E-state index in [2.05, 4.69) is 16.3 Å². The van der Waals surface area contributed by atoms with Crippen LogP contribution in [0.25, 0.3) is 10.8 Å². The van der Waals surface area contributed by atoms with Crippen molar-refractivity contribution in [3.63, 3.8) is 0 Å². The van der Waals surface area contributed by atoms with E-state index in [9.17, 15) is 22.8 Å². The van der Waals surface area contributed by atoms with Gasteiger partial charge < -0.3 is 15.4 Å². The van der Waals surface area contributed by atoms with Crippen molar-refractivity contribution in [2.75, 3.05) is 6.54 Å². The highest BCUT2D eigenvalue weighted by molar-refractivity contribution is 7.90. The van der Waals surface area contributed by atoms with E-state index in [1.165, 1.54) is 4.90 Å². The largest absolute Gasteiger partial charge is 0.472 e. The summed E-state index contributed by atoms with van der Waals surface area (Å²) in [6, 6.07) is 7.77. The summed E-state index contributed by atoms with van der Waals surface area (Å²) in [6.45, 7) is 9.47. The summed E-state index contributed by atoms with van der Waals surface area (Å²) in [5, 5.41) is 1.19. The van der Waals surface area contributed by atoms with Gasteiger partial charge in [0.2, 0.25) is 27.7 Å². The van der Waals surface area contributed by atoms with Gasteiger partial charge in [-0.3, -0.25) is 19.1 Å². The molecule has 2 aliphatic carbocycles. The monoisotopic (exact) mass is 582 g/mol. The van der Waals surface area contributed by atoms with Gasteiger partial charge in [0.05, 0.1) is 29.3 Å². The average molecular weight is 583 g/mol. The normalized spacial score (nSPS) is 26.8. The van der Waals surface area contributed by atoms with Crippen molar-refractivity contribution in [2.24, 2.45) is 22.5 Å². The molecule has 41 heavy (non-hydrogen) atoms. The predicted octanol–water partition coefficient (Wildman–Crippen LogP) is 2.72. The van der Waals surface area contributed by atoms with Crippen LogP contribution in [-0.2, 0) is 24.4 Å². The highest BCUT2D eigenvalue weighted by atomic mass is 32.2. The lowest BCUT2D eigenvalue weighted by atomic mass is 9.86. The van der Waals surface area contributed by atoms with E-state index in [4.69, 9.17) is 10.5 Å². The van der Waals surface area contributed by atoms with Crippen molar-refractivity contribution in [2.45, 2.75) is 76.3 Å². The number of sulfonamides is 1. The number of rotatable bonds is 10. The minimum Gasteiger partial charge on any atom is -0.472 e. The molecule has 5 rings (SSSR count). The number of amides is 2. The number of allylic oxidation sites excluding steroid dienone is 1. The predicted molar refractivity (Wildman–Crippen MR) is 154 cm³/mol. The van der Waals surface area contributed by atoms with Gasteiger partial charge in [-0.2, -0.15) is 0 Å². The Balaban J connectivity index is 1.39. The molecule has 220 valence electrons. The SMILES string of the molecule is C=C[C@@H]1C[C@]1(CC(=O)[C@@H]1C[C@@H](Oc2nccc3ccccc23)CN1C(=O)[C@@H](N)C(C)(C)C)C(=O)NS(=O)(=O)C1CC1. The molecule has 1 aromatic carbocycles. The molecular formula is C30H38N4O6S. The highest BCUT2D eigenvalue weighted by Crippen LogP contribution is 2.57. The molecule has 3 aliphatic rings. The molecule has 11 heteroatoms. The van der Waals surface area contributed by atoms with Crippen LogP contribution in [0.1, 0.15) is 52.9 Å². The summed E-state index contributed by atoms with van der Waals surface area (Å²) in [6.07, 6.45) is 4.02. The minimum absolute atomic E-state index is 0.129. The summed E-state index contributed by atoms with van der Waals surface area (Å²) < 4.78 is 33.5. The molecule has 1 aromatic heterocycles. The molecule has 1 aliphatic heterocycles. The minimum atomic E-state index is -3.78. The molecule has 0 radical (unpaired) electrons. The Bertz CT molecular complexity index is 1490. The third-order valence-corrected chi connectivity index (χ3v) is 10.4. The number of pyridine rings is 1. The zero-order valence-corrected chi connectivity index (χ0v) is 24.5. The number of Topliss-reactive ketones (excluding diaryl/α,β-unsaturated/α-hetero) is 1. The highest BCUT2D eigenvalue weighted by Gasteiger charge is 2.61. The molecule has 0 spiro atoms. The van der Waals surface area contributed by atoms with Gasteiger partial charge in [0.15, 0.2) is 5.78 Å². The van der Waals surface area contributed by atoms with Crippen LogP contribution >= 0.6 is 0 Å². The standard InChI is InChI=1S/C30H38N4O6S/c1-5-19-15-30(19,28(37)33-41(38,39)21-10-11-21)16-24(35)23-14-20(17-34(23)27(36)25(31)29(2,3)4)40-26-22-9-7-6-8-18(22)12-13-32-26/h5-9,12-13,19-21,23,25H,1,10-11,14-17,31H2,2-4H3,(H,33,37)/t19-,20-,23+,25-,30-/m1/s1. The first-order valence-corrected chi connectivity index (χ1v) is 15.6. The number of nitrogens with zero attached hydrogens (tertiary/aromatic N) is 2. The first kappa shape index (κ1) is 29.2. The van der Waals surface area contributed by atoms with E-state index in [0.29, 0.717) is 25.1 Å². The second kappa shape index (κ2) is 10.5. The Morgan fingerprint density at radius 2 is 1.95 bits per heavy atom. The number of likely N-dealkylation sites (tertiary alicyclic amines) is 1. The number of benzene rings is 1. The molecule has 5 atom stereocenters. The third kappa shape index (κ3) is 5.74. The first-order valence-electron chi connectivity index (χ1n) is 14.0. The lowest BCUT2D eigenvalue weighted by Gasteiger charge is -2.32. The van der Waals surface area contributed by atoms with Crippen LogP contribution in [0.4, 0.5) is 0 Å². The van der Waals surface area contributed by atoms with Gasteiger partial charge in [-0.05, 0) is 48.1 Å². The lowest BCUT2D eigenvalue weighted by Crippen LogP contribution is -2.53. The van der Waals surface area contributed by atoms with Gasteiger partial charge in [0.1, 0.15) is 6.10 Å². The van der Waals surface area contributed by atoms with Crippen LogP contribution in [0.3, 0.4) is 0 Å². The Kier molecular flexibility index (Phi) is 7.48. The van der Waals surface area contributed by atoms with Crippen molar-refractivity contribution >= 4 is 38.4 Å². The molecule has 10 nitrogen and oxygen atoms in total. The van der Waals surface area contributed by atoms with E-state index < -0.39 is 50.2 Å². The van der Waals surface area contributed by atoms with Gasteiger partial charge in [0.25, 0.3) is 0 Å². The van der Waals surface area contributed by atoms with E-state index in [1.54, 1.807) is 12.3 Å². The molecule has 3 N–H and O–H groups in total. The lowest BCUT2D eigenvalue weighted by molar-refractivity contribution is -0.141. The maximum atomic E-state index is 13.9. The third-order valence-electron chi connectivity index (χ3n) is 8.59. The number of fused-ring (bicyclic) bond motifs is 1. The number of nitrogens with two attached hydrogens (primary N) is 1. The Hall–Kier alpha value is -3.31. The Morgan fingerprint density at radius 1 is 1.24 bits per heavy atom. The zero-order valence-electron chi connectivity index (χ0n) is 23.7. The van der Waals surface area contributed by atoms with E-state index in [0.717, 1.165) is 10.8 Å². The number of hydrogen-bond donors (Lipinski definition) is 2. The van der Waals surface area contributed by atoms with E-state index >= 15 is 0 Å². The van der Waals surface area contributed by atoms with Crippen LogP contribution in [0.5, 0.6) is 5.88 Å². The molecule has 1 saturated heterocycles. The molecule has 0 bridgehead atoms. The van der Waals surface area contributed by atoms with Crippen molar-refractivity contribution < 1.29 is 27.5 Å². The molecule has 3 fully saturated rings. The van der Waals surface area contributed by atoms with Crippen molar-refractivity contribution in [3.8, 4) is 5.88 Å². The number of aromatic nitrogens is 1. The number of nitrogens with one attached hydrogen (secondary N) is 1. The molecule has 2 aromatic rings. The molecule has 2 heterocycles. The molecule has 0 unspecified atom stereocenters. The fourth-order valence-electron chi connectivity index (χ4n) is 5.63. The number of ketones is 1. The van der Waals surface area contributed by atoms with Crippen LogP contribution in [-0.4, -0.2) is 65.9 Å². The molecule has 2 saturated carbocycles. The molecule has 2 amide bonds. The van der Waals surface area contributed by atoms with Gasteiger partial charge in [-0.1, -0.05) is 45.0 Å². The van der Waals surface area contributed by atoms with Crippen molar-refractivity contribution in [3.05, 3.63) is 49.2 Å². The van der Waals surface area contributed by atoms with Gasteiger partial charge >= 0.3 is 0 Å². The van der Waals surface area contributed by atoms with Gasteiger partial charge in [-0.15, -0.1) is 6.58 Å². The van der Waals surface area contributed by atoms with Crippen LogP contribution in [0, 0.1) is 16.7 Å². The second-order valence-corrected chi connectivity index (χ2v) is 14.6. The average Bonchev–Trinajstić information content (AvgIpc) is 3.84. The van der Waals surface area contributed by atoms with Gasteiger partial charge in [-0.25, -0.2) is 13.4 Å². The topological polar surface area (TPSA) is 149 Å². The van der Waals surface area contributed by atoms with Crippen LogP contribution in [0.15, 0.2) is 49.2 Å². The number of carbonyl (C=O) groups is 3. The Labute approximate surface area is 240 Å². The fraction of sp³-hybridized carbons (Fsp3) is 0.533. The first-order chi connectivity index (χ1) is 19.3. The summed E-state index contributed by atoms with van der Waals surface area (Å²) in [5.74, 6) is -1.32. The van der Waals surface area contributed by atoms with Gasteiger partial charge in [0, 0.05) is 24.4 Å². The van der Waals surface area contributed by atoms with Crippen LogP contribution < -0.4 is 15.2 Å². The van der Waals surface area contributed by atoms with E-state index in [1.807, 2.05) is 51.1 Å². The fourth-order valence-corrected chi connectivity index (χ4v) is 7.02. The maximum Gasteiger partial charge on any atom is 0.240 e. The van der Waals surface area contributed by atoms with Crippen molar-refractivity contribution in [1.29, 1.82) is 0 Å². The maximum absolute atomic E-state index is 13.9. The van der Waals surface area contributed by atoms with Crippen LogP contribution in [0.2, 0.25) is 0 Å². The quantitative estimate of drug-likeness (QED) is 0.406. The number of hydrogen-bond acceptors (Lipinski definition) is 8. The number of carbonyl (C=O) groups excluding carboxylic acids is 3. The van der Waals surface area contributed by atoms with Crippen molar-refractivity contribution in [1.82, 2.24) is 14.6 Å². The smallest absolute Gasteiger partial charge is 0.240 e. The molecular weight excluding hydrogens is 544 g/mol. The summed E-state index contributed by atoms with van der Waals surface area (Å²) in [7, 11) is -3.78. The summed E-state index contributed by atoms with van der Waals surface area (Å²) in [5.41, 5.74) is 4.58.